The zero-order valence-electron chi connectivity index (χ0n) is 20.4. The second-order valence-corrected chi connectivity index (χ2v) is 8.17. The summed E-state index contributed by atoms with van der Waals surface area (Å²) in [5.74, 6) is -6.53. The molecule has 14 N–H and O–H groups in total. The van der Waals surface area contributed by atoms with Crippen molar-refractivity contribution in [3.63, 3.8) is 0 Å². The second kappa shape index (κ2) is 16.6. The number of carboxylic acids is 2. The van der Waals surface area contributed by atoms with Crippen LogP contribution >= 0.6 is 0 Å². The summed E-state index contributed by atoms with van der Waals surface area (Å²) >= 11 is 0. The second-order valence-electron chi connectivity index (χ2n) is 8.17. The van der Waals surface area contributed by atoms with Crippen LogP contribution in [0.5, 0.6) is 0 Å². The molecule has 0 aromatic heterocycles. The van der Waals surface area contributed by atoms with E-state index in [1.807, 2.05) is 0 Å². The minimum absolute atomic E-state index is 0.0639. The van der Waals surface area contributed by atoms with Gasteiger partial charge in [-0.3, -0.25) is 29.0 Å². The smallest absolute Gasteiger partial charge is 0.326 e. The number of nitrogens with one attached hydrogen (secondary N) is 3. The van der Waals surface area contributed by atoms with Crippen LogP contribution in [0.25, 0.3) is 0 Å². The summed E-state index contributed by atoms with van der Waals surface area (Å²) in [7, 11) is 0. The van der Waals surface area contributed by atoms with Crippen LogP contribution in [0.3, 0.4) is 0 Å². The molecule has 0 bridgehead atoms. The van der Waals surface area contributed by atoms with Crippen molar-refractivity contribution in [2.75, 3.05) is 6.54 Å². The number of carbonyl (C=O) groups is 6. The largest absolute Gasteiger partial charge is 0.481 e. The maximum Gasteiger partial charge on any atom is 0.326 e. The highest BCUT2D eigenvalue weighted by Gasteiger charge is 2.31. The van der Waals surface area contributed by atoms with E-state index in [-0.39, 0.29) is 38.2 Å². The fourth-order valence-electron chi connectivity index (χ4n) is 2.88. The van der Waals surface area contributed by atoms with Crippen molar-refractivity contribution in [1.29, 1.82) is 0 Å². The van der Waals surface area contributed by atoms with Gasteiger partial charge >= 0.3 is 11.9 Å². The summed E-state index contributed by atoms with van der Waals surface area (Å²) in [5, 5.41) is 34.5. The number of aliphatic hydroxyl groups excluding tert-OH is 1. The Bertz CT molecular complexity index is 861. The molecule has 0 aromatic carbocycles. The standard InChI is InChI=1S/C20H36N8O9/c1-9(29)15(22)18(35)27-11(4-6-13(21)30)17(34)26-10(3-2-8-25-20(23)24)16(33)28-12(19(36)37)5-7-14(31)32/h9-12,15,29H,2-8,22H2,1H3,(H2,21,30)(H,26,34)(H,27,35)(H,28,33)(H,31,32)(H,36,37)(H4,23,24,25). The molecule has 0 spiro atoms. The number of nitrogens with two attached hydrogens (primary N) is 4. The SMILES string of the molecule is CC(O)C(N)C(=O)NC(CCC(N)=O)C(=O)NC(CCCN=C(N)N)C(=O)NC(CCC(=O)O)C(=O)O. The summed E-state index contributed by atoms with van der Waals surface area (Å²) in [6.07, 6.45) is -2.72. The van der Waals surface area contributed by atoms with Gasteiger partial charge < -0.3 is 54.2 Å². The third-order valence-electron chi connectivity index (χ3n) is 4.97. The quantitative estimate of drug-likeness (QED) is 0.0453. The van der Waals surface area contributed by atoms with Crippen LogP contribution in [-0.2, 0) is 28.8 Å². The van der Waals surface area contributed by atoms with Crippen molar-refractivity contribution in [2.45, 2.75) is 75.7 Å². The lowest BCUT2D eigenvalue weighted by Gasteiger charge is -2.25. The topological polar surface area (TPSA) is 316 Å². The van der Waals surface area contributed by atoms with E-state index >= 15 is 0 Å². The minimum Gasteiger partial charge on any atom is -0.481 e. The summed E-state index contributed by atoms with van der Waals surface area (Å²) < 4.78 is 0. The number of carboxylic acid groups (broad SMARTS) is 2. The molecular formula is C20H36N8O9. The number of hydrogen-bond acceptors (Lipinski definition) is 9. The first kappa shape index (κ1) is 33.0. The van der Waals surface area contributed by atoms with Crippen molar-refractivity contribution in [3.8, 4) is 0 Å². The Morgan fingerprint density at radius 2 is 1.27 bits per heavy atom. The van der Waals surface area contributed by atoms with Gasteiger partial charge in [-0.2, -0.15) is 0 Å². The highest BCUT2D eigenvalue weighted by molar-refractivity contribution is 5.94. The summed E-state index contributed by atoms with van der Waals surface area (Å²) in [4.78, 5) is 75.3. The molecular weight excluding hydrogens is 496 g/mol. The number of nitrogens with zero attached hydrogens (tertiary/aromatic N) is 1. The van der Waals surface area contributed by atoms with Gasteiger partial charge in [-0.15, -0.1) is 0 Å². The van der Waals surface area contributed by atoms with Crippen LogP contribution in [0.2, 0.25) is 0 Å². The maximum atomic E-state index is 13.0. The highest BCUT2D eigenvalue weighted by Crippen LogP contribution is 2.06. The van der Waals surface area contributed by atoms with Crippen molar-refractivity contribution >= 4 is 41.5 Å². The number of aliphatic carboxylic acids is 2. The van der Waals surface area contributed by atoms with E-state index in [4.69, 9.17) is 28.0 Å². The van der Waals surface area contributed by atoms with Gasteiger partial charge in [-0.25, -0.2) is 4.79 Å². The molecule has 17 nitrogen and oxygen atoms in total. The van der Waals surface area contributed by atoms with Crippen LogP contribution in [0.1, 0.15) is 45.4 Å². The predicted molar refractivity (Wildman–Crippen MR) is 128 cm³/mol. The lowest BCUT2D eigenvalue weighted by Crippen LogP contribution is -2.58. The first-order valence-corrected chi connectivity index (χ1v) is 11.3. The van der Waals surface area contributed by atoms with Crippen molar-refractivity contribution < 1.29 is 44.1 Å². The number of hydrogen-bond donors (Lipinski definition) is 10. The van der Waals surface area contributed by atoms with E-state index in [0.29, 0.717) is 0 Å². The molecule has 0 rings (SSSR count). The molecule has 0 aliphatic heterocycles. The normalized spacial score (nSPS) is 14.7. The maximum absolute atomic E-state index is 13.0. The van der Waals surface area contributed by atoms with Crippen molar-refractivity contribution in [2.24, 2.45) is 27.9 Å². The lowest BCUT2D eigenvalue weighted by molar-refractivity contribution is -0.143. The Balaban J connectivity index is 5.72. The fraction of sp³-hybridized carbons (Fsp3) is 0.650. The first-order chi connectivity index (χ1) is 17.1. The molecule has 0 aliphatic carbocycles. The molecule has 0 aliphatic rings. The van der Waals surface area contributed by atoms with Crippen LogP contribution in [0, 0.1) is 0 Å². The first-order valence-electron chi connectivity index (χ1n) is 11.3. The number of primary amides is 1. The van der Waals surface area contributed by atoms with Crippen molar-refractivity contribution in [3.05, 3.63) is 0 Å². The predicted octanol–water partition coefficient (Wildman–Crippen LogP) is -4.58. The van der Waals surface area contributed by atoms with Gasteiger partial charge in [0, 0.05) is 19.4 Å². The molecule has 0 aromatic rings. The molecule has 0 heterocycles. The van der Waals surface area contributed by atoms with Crippen LogP contribution in [-0.4, -0.2) is 93.7 Å². The van der Waals surface area contributed by atoms with E-state index in [1.165, 1.54) is 6.92 Å². The summed E-state index contributed by atoms with van der Waals surface area (Å²) in [5.41, 5.74) is 21.2. The number of amides is 4. The Morgan fingerprint density at radius 3 is 1.73 bits per heavy atom. The molecule has 5 unspecified atom stereocenters. The molecule has 0 saturated heterocycles. The van der Waals surface area contributed by atoms with Crippen LogP contribution < -0.4 is 38.9 Å². The summed E-state index contributed by atoms with van der Waals surface area (Å²) in [6.45, 7) is 1.32. The van der Waals surface area contributed by atoms with Crippen molar-refractivity contribution in [1.82, 2.24) is 16.0 Å². The van der Waals surface area contributed by atoms with Gasteiger partial charge in [0.05, 0.1) is 6.10 Å². The monoisotopic (exact) mass is 532 g/mol. The summed E-state index contributed by atoms with van der Waals surface area (Å²) in [6, 6.07) is -5.70. The van der Waals surface area contributed by atoms with Gasteiger partial charge in [-0.1, -0.05) is 0 Å². The molecule has 0 radical (unpaired) electrons. The molecule has 5 atom stereocenters. The number of aliphatic imine (C=N–C) groups is 1. The van der Waals surface area contributed by atoms with Gasteiger partial charge in [0.15, 0.2) is 5.96 Å². The number of carbonyl (C=O) groups excluding carboxylic acids is 4. The average molecular weight is 533 g/mol. The Kier molecular flexibility index (Phi) is 14.8. The zero-order chi connectivity index (χ0) is 28.7. The minimum atomic E-state index is -1.56. The highest BCUT2D eigenvalue weighted by atomic mass is 16.4. The lowest BCUT2D eigenvalue weighted by atomic mass is 10.1. The third-order valence-corrected chi connectivity index (χ3v) is 4.97. The Hall–Kier alpha value is -3.99. The number of rotatable bonds is 18. The van der Waals surface area contributed by atoms with Crippen LogP contribution in [0.15, 0.2) is 4.99 Å². The Labute approximate surface area is 212 Å². The van der Waals surface area contributed by atoms with Gasteiger partial charge in [0.25, 0.3) is 0 Å². The van der Waals surface area contributed by atoms with Gasteiger partial charge in [-0.05, 0) is 32.6 Å². The van der Waals surface area contributed by atoms with E-state index in [0.717, 1.165) is 0 Å². The molecule has 0 fully saturated rings. The van der Waals surface area contributed by atoms with E-state index in [2.05, 4.69) is 20.9 Å². The van der Waals surface area contributed by atoms with Gasteiger partial charge in [0.2, 0.25) is 23.6 Å². The molecule has 210 valence electrons. The zero-order valence-corrected chi connectivity index (χ0v) is 20.4. The van der Waals surface area contributed by atoms with E-state index < -0.39 is 78.7 Å². The Morgan fingerprint density at radius 1 is 0.784 bits per heavy atom. The third kappa shape index (κ3) is 14.2. The van der Waals surface area contributed by atoms with E-state index in [9.17, 15) is 39.0 Å². The average Bonchev–Trinajstić information content (AvgIpc) is 2.79. The molecule has 4 amide bonds. The van der Waals surface area contributed by atoms with Gasteiger partial charge in [0.1, 0.15) is 24.2 Å². The van der Waals surface area contributed by atoms with Crippen LogP contribution in [0.4, 0.5) is 0 Å². The number of aliphatic hydroxyl groups is 1. The molecule has 37 heavy (non-hydrogen) atoms. The molecule has 17 heteroatoms. The molecule has 0 saturated carbocycles. The fourth-order valence-corrected chi connectivity index (χ4v) is 2.88. The number of guanidine groups is 1. The van der Waals surface area contributed by atoms with E-state index in [1.54, 1.807) is 0 Å².